The minimum absolute atomic E-state index is 0.144. The lowest BCUT2D eigenvalue weighted by Crippen LogP contribution is -2.58. The van der Waals surface area contributed by atoms with Crippen LogP contribution in [-0.4, -0.2) is 62.7 Å². The largest absolute Gasteiger partial charge is 0.315 e. The van der Waals surface area contributed by atoms with E-state index in [9.17, 15) is 4.39 Å². The van der Waals surface area contributed by atoms with Crippen LogP contribution in [0.5, 0.6) is 0 Å². The van der Waals surface area contributed by atoms with Crippen molar-refractivity contribution in [2.75, 3.05) is 40.8 Å². The molecule has 2 rings (SSSR count). The molecular weight excluding hydrogens is 253 g/mol. The van der Waals surface area contributed by atoms with Crippen LogP contribution in [0.1, 0.15) is 11.1 Å². The molecule has 1 aliphatic rings. The number of aryl methyl sites for hydroxylation is 1. The van der Waals surface area contributed by atoms with Gasteiger partial charge in [-0.3, -0.25) is 4.90 Å². The van der Waals surface area contributed by atoms with Crippen LogP contribution < -0.4 is 5.32 Å². The SMILES string of the molecule is CNC(Cc1cc(F)ccc1C)C1CN(C)CCN1C. The average Bonchev–Trinajstić information content (AvgIpc) is 2.42. The normalized spacial score (nSPS) is 22.9. The topological polar surface area (TPSA) is 18.5 Å². The molecular formula is C16H26FN3. The van der Waals surface area contributed by atoms with Crippen molar-refractivity contribution >= 4 is 0 Å². The summed E-state index contributed by atoms with van der Waals surface area (Å²) in [7, 11) is 6.35. The van der Waals surface area contributed by atoms with E-state index in [4.69, 9.17) is 0 Å². The summed E-state index contributed by atoms with van der Waals surface area (Å²) in [5, 5.41) is 3.43. The van der Waals surface area contributed by atoms with Crippen molar-refractivity contribution in [2.45, 2.75) is 25.4 Å². The summed E-state index contributed by atoms with van der Waals surface area (Å²) in [5.74, 6) is -0.144. The Kier molecular flexibility index (Phi) is 5.13. The van der Waals surface area contributed by atoms with E-state index in [1.807, 2.05) is 13.1 Å². The lowest BCUT2D eigenvalue weighted by molar-refractivity contribution is 0.0896. The van der Waals surface area contributed by atoms with E-state index in [1.165, 1.54) is 11.6 Å². The number of nitrogens with one attached hydrogen (secondary N) is 1. The van der Waals surface area contributed by atoms with Gasteiger partial charge in [-0.15, -0.1) is 0 Å². The molecule has 0 bridgehead atoms. The Morgan fingerprint density at radius 2 is 2.10 bits per heavy atom. The molecule has 2 unspecified atom stereocenters. The number of hydrogen-bond donors (Lipinski definition) is 1. The number of piperazine rings is 1. The molecule has 1 N–H and O–H groups in total. The second-order valence-electron chi connectivity index (χ2n) is 5.98. The number of nitrogens with zero attached hydrogens (tertiary/aromatic N) is 2. The predicted molar refractivity (Wildman–Crippen MR) is 81.6 cm³/mol. The zero-order chi connectivity index (χ0) is 14.7. The zero-order valence-corrected chi connectivity index (χ0v) is 13.0. The Bertz CT molecular complexity index is 449. The highest BCUT2D eigenvalue weighted by Gasteiger charge is 2.29. The summed E-state index contributed by atoms with van der Waals surface area (Å²) in [4.78, 5) is 4.78. The second-order valence-corrected chi connectivity index (χ2v) is 5.98. The summed E-state index contributed by atoms with van der Waals surface area (Å²) in [6.45, 7) is 5.30. The first-order valence-corrected chi connectivity index (χ1v) is 7.32. The summed E-state index contributed by atoms with van der Waals surface area (Å²) >= 11 is 0. The fraction of sp³-hybridized carbons (Fsp3) is 0.625. The van der Waals surface area contributed by atoms with Gasteiger partial charge in [0.25, 0.3) is 0 Å². The van der Waals surface area contributed by atoms with Crippen LogP contribution >= 0.6 is 0 Å². The number of rotatable bonds is 4. The first-order chi connectivity index (χ1) is 9.51. The van der Waals surface area contributed by atoms with Gasteiger partial charge in [0.2, 0.25) is 0 Å². The van der Waals surface area contributed by atoms with Crippen molar-refractivity contribution < 1.29 is 4.39 Å². The van der Waals surface area contributed by atoms with E-state index in [-0.39, 0.29) is 5.82 Å². The molecule has 0 aromatic heterocycles. The fourth-order valence-corrected chi connectivity index (χ4v) is 3.01. The standard InChI is InChI=1S/C16H26FN3/c1-12-5-6-14(17)9-13(12)10-15(18-2)16-11-19(3)7-8-20(16)4/h5-6,9,15-16,18H,7-8,10-11H2,1-4H3. The summed E-state index contributed by atoms with van der Waals surface area (Å²) < 4.78 is 13.4. The Morgan fingerprint density at radius 1 is 1.35 bits per heavy atom. The molecule has 1 aliphatic heterocycles. The monoisotopic (exact) mass is 279 g/mol. The van der Waals surface area contributed by atoms with Crippen LogP contribution in [-0.2, 0) is 6.42 Å². The highest BCUT2D eigenvalue weighted by atomic mass is 19.1. The van der Waals surface area contributed by atoms with Crippen molar-refractivity contribution in [1.29, 1.82) is 0 Å². The lowest BCUT2D eigenvalue weighted by Gasteiger charge is -2.42. The number of likely N-dealkylation sites (N-methyl/N-ethyl adjacent to an activating group) is 3. The number of benzene rings is 1. The van der Waals surface area contributed by atoms with Gasteiger partial charge in [0, 0.05) is 31.7 Å². The van der Waals surface area contributed by atoms with Crippen LogP contribution in [0.25, 0.3) is 0 Å². The second kappa shape index (κ2) is 6.66. The fourth-order valence-electron chi connectivity index (χ4n) is 3.01. The Labute approximate surface area is 121 Å². The maximum Gasteiger partial charge on any atom is 0.123 e. The predicted octanol–water partition coefficient (Wildman–Crippen LogP) is 1.51. The average molecular weight is 279 g/mol. The molecule has 0 saturated carbocycles. The van der Waals surface area contributed by atoms with E-state index in [1.54, 1.807) is 6.07 Å². The molecule has 20 heavy (non-hydrogen) atoms. The van der Waals surface area contributed by atoms with E-state index in [0.29, 0.717) is 12.1 Å². The highest BCUT2D eigenvalue weighted by Crippen LogP contribution is 2.17. The molecule has 0 spiro atoms. The number of hydrogen-bond acceptors (Lipinski definition) is 3. The minimum atomic E-state index is -0.144. The van der Waals surface area contributed by atoms with E-state index < -0.39 is 0 Å². The van der Waals surface area contributed by atoms with Gasteiger partial charge in [-0.05, 0) is 57.7 Å². The lowest BCUT2D eigenvalue weighted by atomic mass is 9.94. The molecule has 3 nitrogen and oxygen atoms in total. The molecule has 1 fully saturated rings. The van der Waals surface area contributed by atoms with Crippen molar-refractivity contribution in [2.24, 2.45) is 0 Å². The van der Waals surface area contributed by atoms with Crippen molar-refractivity contribution in [3.8, 4) is 0 Å². The molecule has 0 aliphatic carbocycles. The van der Waals surface area contributed by atoms with Crippen LogP contribution in [0.3, 0.4) is 0 Å². The molecule has 2 atom stereocenters. The molecule has 0 amide bonds. The maximum absolute atomic E-state index is 13.4. The van der Waals surface area contributed by atoms with Gasteiger partial charge in [-0.25, -0.2) is 4.39 Å². The molecule has 0 radical (unpaired) electrons. The van der Waals surface area contributed by atoms with E-state index in [2.05, 4.69) is 36.1 Å². The van der Waals surface area contributed by atoms with Crippen LogP contribution in [0.2, 0.25) is 0 Å². The Morgan fingerprint density at radius 3 is 2.80 bits per heavy atom. The summed E-state index contributed by atoms with van der Waals surface area (Å²) in [6, 6.07) is 5.87. The third kappa shape index (κ3) is 3.57. The molecule has 1 aromatic rings. The van der Waals surface area contributed by atoms with Gasteiger partial charge in [0.05, 0.1) is 0 Å². The van der Waals surface area contributed by atoms with Crippen molar-refractivity contribution in [3.05, 3.63) is 35.1 Å². The van der Waals surface area contributed by atoms with Crippen LogP contribution in [0.15, 0.2) is 18.2 Å². The third-order valence-electron chi connectivity index (χ3n) is 4.49. The maximum atomic E-state index is 13.4. The third-order valence-corrected chi connectivity index (χ3v) is 4.49. The molecule has 1 heterocycles. The molecule has 1 saturated heterocycles. The van der Waals surface area contributed by atoms with Gasteiger partial charge >= 0.3 is 0 Å². The smallest absolute Gasteiger partial charge is 0.123 e. The van der Waals surface area contributed by atoms with Gasteiger partial charge in [-0.1, -0.05) is 6.07 Å². The molecule has 112 valence electrons. The molecule has 1 aromatic carbocycles. The summed E-state index contributed by atoms with van der Waals surface area (Å²) in [6.07, 6.45) is 0.864. The zero-order valence-electron chi connectivity index (χ0n) is 13.0. The van der Waals surface area contributed by atoms with Gasteiger partial charge in [0.15, 0.2) is 0 Å². The first-order valence-electron chi connectivity index (χ1n) is 7.32. The molecule has 4 heteroatoms. The Hall–Kier alpha value is -0.970. The van der Waals surface area contributed by atoms with Crippen molar-refractivity contribution in [1.82, 2.24) is 15.1 Å². The minimum Gasteiger partial charge on any atom is -0.315 e. The Balaban J connectivity index is 2.13. The van der Waals surface area contributed by atoms with Gasteiger partial charge in [-0.2, -0.15) is 0 Å². The van der Waals surface area contributed by atoms with E-state index >= 15 is 0 Å². The summed E-state index contributed by atoms with van der Waals surface area (Å²) in [5.41, 5.74) is 2.27. The quantitative estimate of drug-likeness (QED) is 0.901. The van der Waals surface area contributed by atoms with Crippen LogP contribution in [0.4, 0.5) is 4.39 Å². The van der Waals surface area contributed by atoms with E-state index in [0.717, 1.165) is 31.6 Å². The van der Waals surface area contributed by atoms with Gasteiger partial charge < -0.3 is 10.2 Å². The number of halogens is 1. The first kappa shape index (κ1) is 15.4. The van der Waals surface area contributed by atoms with Crippen LogP contribution in [0, 0.1) is 12.7 Å². The van der Waals surface area contributed by atoms with Gasteiger partial charge in [0.1, 0.15) is 5.82 Å². The highest BCUT2D eigenvalue weighted by molar-refractivity contribution is 5.27. The van der Waals surface area contributed by atoms with Crippen molar-refractivity contribution in [3.63, 3.8) is 0 Å².